The fraction of sp³-hybridized carbons (Fsp3) is 0.318. The molecule has 0 aromatic heterocycles. The van der Waals surface area contributed by atoms with Crippen molar-refractivity contribution in [2.75, 3.05) is 13.6 Å². The number of carbonyl (C=O) groups is 3. The van der Waals surface area contributed by atoms with Crippen LogP contribution in [0.25, 0.3) is 0 Å². The predicted octanol–water partition coefficient (Wildman–Crippen LogP) is 2.87. The molecule has 1 aliphatic heterocycles. The highest BCUT2D eigenvalue weighted by Gasteiger charge is 2.49. The van der Waals surface area contributed by atoms with Crippen molar-refractivity contribution in [1.29, 1.82) is 0 Å². The van der Waals surface area contributed by atoms with Crippen molar-refractivity contribution in [3.8, 4) is 0 Å². The summed E-state index contributed by atoms with van der Waals surface area (Å²) in [6.45, 7) is 5.55. The number of nitrogens with one attached hydrogen (secondary N) is 1. The summed E-state index contributed by atoms with van der Waals surface area (Å²) in [7, 11) is 1.64. The molecule has 4 amide bonds. The molecular formula is C22H24FN3O3. The van der Waals surface area contributed by atoms with Gasteiger partial charge in [-0.1, -0.05) is 35.9 Å². The second kappa shape index (κ2) is 7.66. The molecule has 2 aromatic carbocycles. The lowest BCUT2D eigenvalue weighted by molar-refractivity contribution is -0.138. The second-order valence-electron chi connectivity index (χ2n) is 7.63. The molecule has 2 aromatic rings. The highest BCUT2D eigenvalue weighted by atomic mass is 19.1. The van der Waals surface area contributed by atoms with Gasteiger partial charge in [-0.15, -0.1) is 0 Å². The van der Waals surface area contributed by atoms with E-state index < -0.39 is 23.3 Å². The third-order valence-electron chi connectivity index (χ3n) is 5.32. The molecule has 1 fully saturated rings. The Labute approximate surface area is 169 Å². The minimum atomic E-state index is -1.34. The van der Waals surface area contributed by atoms with Crippen LogP contribution in [0.2, 0.25) is 0 Å². The molecule has 7 heteroatoms. The number of hydrogen-bond acceptors (Lipinski definition) is 3. The third-order valence-corrected chi connectivity index (χ3v) is 5.32. The van der Waals surface area contributed by atoms with Gasteiger partial charge < -0.3 is 10.2 Å². The van der Waals surface area contributed by atoms with E-state index in [1.54, 1.807) is 14.0 Å². The van der Waals surface area contributed by atoms with Crippen molar-refractivity contribution in [3.05, 3.63) is 70.5 Å². The Morgan fingerprint density at radius 3 is 2.41 bits per heavy atom. The van der Waals surface area contributed by atoms with E-state index in [9.17, 15) is 18.8 Å². The van der Waals surface area contributed by atoms with Crippen molar-refractivity contribution in [2.45, 2.75) is 32.9 Å². The number of urea groups is 1. The lowest BCUT2D eigenvalue weighted by atomic mass is 9.92. The van der Waals surface area contributed by atoms with Gasteiger partial charge in [0.25, 0.3) is 5.91 Å². The fourth-order valence-electron chi connectivity index (χ4n) is 3.44. The van der Waals surface area contributed by atoms with Gasteiger partial charge in [-0.05, 0) is 49.6 Å². The molecule has 29 heavy (non-hydrogen) atoms. The number of nitrogens with zero attached hydrogens (tertiary/aromatic N) is 2. The SMILES string of the molecule is Cc1ccc(CN(C)C(=O)CN2C(=O)NC(C)(c3ccc(F)cc3)C2=O)c(C)c1. The molecule has 1 atom stereocenters. The lowest BCUT2D eigenvalue weighted by Crippen LogP contribution is -2.43. The average Bonchev–Trinajstić information content (AvgIpc) is 2.88. The van der Waals surface area contributed by atoms with E-state index in [1.165, 1.54) is 29.2 Å². The summed E-state index contributed by atoms with van der Waals surface area (Å²) in [5.74, 6) is -1.33. The predicted molar refractivity (Wildman–Crippen MR) is 106 cm³/mol. The molecule has 1 N–H and O–H groups in total. The van der Waals surface area contributed by atoms with Crippen LogP contribution >= 0.6 is 0 Å². The number of likely N-dealkylation sites (N-methyl/N-ethyl adjacent to an activating group) is 1. The van der Waals surface area contributed by atoms with Crippen molar-refractivity contribution in [2.24, 2.45) is 0 Å². The average molecular weight is 397 g/mol. The van der Waals surface area contributed by atoms with Crippen LogP contribution in [0.1, 0.15) is 29.2 Å². The van der Waals surface area contributed by atoms with Gasteiger partial charge in [0.15, 0.2) is 0 Å². The number of aryl methyl sites for hydroxylation is 2. The van der Waals surface area contributed by atoms with Gasteiger partial charge in [-0.3, -0.25) is 14.5 Å². The molecular weight excluding hydrogens is 373 g/mol. The molecule has 0 aliphatic carbocycles. The molecule has 1 aliphatic rings. The molecule has 0 saturated carbocycles. The number of rotatable bonds is 5. The maximum Gasteiger partial charge on any atom is 0.325 e. The Bertz CT molecular complexity index is 974. The minimum Gasteiger partial charge on any atom is -0.340 e. The number of carbonyl (C=O) groups excluding carboxylic acids is 3. The van der Waals surface area contributed by atoms with E-state index in [0.717, 1.165) is 21.6 Å². The van der Waals surface area contributed by atoms with Crippen molar-refractivity contribution in [3.63, 3.8) is 0 Å². The molecule has 6 nitrogen and oxygen atoms in total. The number of halogens is 1. The molecule has 0 spiro atoms. The molecule has 0 bridgehead atoms. The zero-order valence-electron chi connectivity index (χ0n) is 17.0. The molecule has 1 unspecified atom stereocenters. The number of benzene rings is 2. The van der Waals surface area contributed by atoms with E-state index in [2.05, 4.69) is 5.32 Å². The first-order valence-electron chi connectivity index (χ1n) is 9.32. The van der Waals surface area contributed by atoms with Crippen LogP contribution in [0.4, 0.5) is 9.18 Å². The van der Waals surface area contributed by atoms with Gasteiger partial charge in [-0.25, -0.2) is 9.18 Å². The quantitative estimate of drug-likeness (QED) is 0.789. The highest BCUT2D eigenvalue weighted by Crippen LogP contribution is 2.29. The maximum atomic E-state index is 13.2. The maximum absolute atomic E-state index is 13.2. The normalized spacial score (nSPS) is 18.7. The van der Waals surface area contributed by atoms with E-state index in [-0.39, 0.29) is 12.5 Å². The van der Waals surface area contributed by atoms with Crippen molar-refractivity contribution < 1.29 is 18.8 Å². The Kier molecular flexibility index (Phi) is 5.42. The van der Waals surface area contributed by atoms with E-state index in [4.69, 9.17) is 0 Å². The van der Waals surface area contributed by atoms with Crippen LogP contribution in [-0.2, 0) is 21.7 Å². The fourth-order valence-corrected chi connectivity index (χ4v) is 3.44. The minimum absolute atomic E-state index is 0.350. The standard InChI is InChI=1S/C22H24FN3O3/c1-14-5-6-16(15(2)11-14)12-25(4)19(27)13-26-20(28)22(3,24-21(26)29)17-7-9-18(23)10-8-17/h5-11H,12-13H2,1-4H3,(H,24,29). The van der Waals surface area contributed by atoms with Crippen LogP contribution in [0.3, 0.4) is 0 Å². The Morgan fingerprint density at radius 1 is 1.14 bits per heavy atom. The summed E-state index contributed by atoms with van der Waals surface area (Å²) in [5, 5.41) is 2.62. The molecule has 0 radical (unpaired) electrons. The third kappa shape index (κ3) is 3.99. The summed E-state index contributed by atoms with van der Waals surface area (Å²) in [5.41, 5.74) is 2.33. The number of amides is 4. The zero-order chi connectivity index (χ0) is 21.3. The first-order chi connectivity index (χ1) is 13.6. The van der Waals surface area contributed by atoms with Gasteiger partial charge in [0.1, 0.15) is 17.9 Å². The first-order valence-corrected chi connectivity index (χ1v) is 9.32. The largest absolute Gasteiger partial charge is 0.340 e. The molecule has 3 rings (SSSR count). The second-order valence-corrected chi connectivity index (χ2v) is 7.63. The summed E-state index contributed by atoms with van der Waals surface area (Å²) < 4.78 is 13.2. The lowest BCUT2D eigenvalue weighted by Gasteiger charge is -2.23. The van der Waals surface area contributed by atoms with Gasteiger partial charge in [0.2, 0.25) is 5.91 Å². The van der Waals surface area contributed by atoms with Crippen LogP contribution < -0.4 is 5.32 Å². The van der Waals surface area contributed by atoms with E-state index in [0.29, 0.717) is 12.1 Å². The van der Waals surface area contributed by atoms with E-state index in [1.807, 2.05) is 32.0 Å². The Morgan fingerprint density at radius 2 is 1.79 bits per heavy atom. The van der Waals surface area contributed by atoms with Crippen LogP contribution in [0.5, 0.6) is 0 Å². The smallest absolute Gasteiger partial charge is 0.325 e. The summed E-state index contributed by atoms with van der Waals surface area (Å²) in [6, 6.07) is 10.7. The summed E-state index contributed by atoms with van der Waals surface area (Å²) >= 11 is 0. The summed E-state index contributed by atoms with van der Waals surface area (Å²) in [6.07, 6.45) is 0. The molecule has 1 heterocycles. The van der Waals surface area contributed by atoms with Crippen molar-refractivity contribution in [1.82, 2.24) is 15.1 Å². The molecule has 1 saturated heterocycles. The Balaban J connectivity index is 1.72. The van der Waals surface area contributed by atoms with Gasteiger partial charge in [-0.2, -0.15) is 0 Å². The zero-order valence-corrected chi connectivity index (χ0v) is 17.0. The number of hydrogen-bond donors (Lipinski definition) is 1. The van der Waals surface area contributed by atoms with Crippen LogP contribution in [0.15, 0.2) is 42.5 Å². The molecule has 152 valence electrons. The van der Waals surface area contributed by atoms with Crippen LogP contribution in [0, 0.1) is 19.7 Å². The van der Waals surface area contributed by atoms with E-state index >= 15 is 0 Å². The first kappa shape index (κ1) is 20.5. The van der Waals surface area contributed by atoms with Crippen molar-refractivity contribution >= 4 is 17.8 Å². The van der Waals surface area contributed by atoms with Gasteiger partial charge in [0, 0.05) is 13.6 Å². The van der Waals surface area contributed by atoms with Gasteiger partial charge >= 0.3 is 6.03 Å². The van der Waals surface area contributed by atoms with Gasteiger partial charge in [0.05, 0.1) is 0 Å². The monoisotopic (exact) mass is 397 g/mol. The number of imide groups is 1. The van der Waals surface area contributed by atoms with Crippen LogP contribution in [-0.4, -0.2) is 41.2 Å². The Hall–Kier alpha value is -3.22. The highest BCUT2D eigenvalue weighted by molar-refractivity contribution is 6.09. The topological polar surface area (TPSA) is 69.7 Å². The summed E-state index contributed by atoms with van der Waals surface area (Å²) in [4.78, 5) is 40.4.